The van der Waals surface area contributed by atoms with Crippen molar-refractivity contribution >= 4 is 52.9 Å². The van der Waals surface area contributed by atoms with Gasteiger partial charge in [-0.15, -0.1) is 0 Å². The lowest BCUT2D eigenvalue weighted by atomic mass is 9.74. The minimum Gasteiger partial charge on any atom is -0.469 e. The van der Waals surface area contributed by atoms with Gasteiger partial charge < -0.3 is 28.7 Å². The Hall–Kier alpha value is -8.78. The molecule has 4 aliphatic rings. The summed E-state index contributed by atoms with van der Waals surface area (Å²) in [4.78, 5) is 49.3. The number of fused-ring (bicyclic) bond motifs is 4. The molecule has 2 spiro atoms. The van der Waals surface area contributed by atoms with E-state index < -0.39 is 22.3 Å². The fraction of sp³-hybridized carbons (Fsp3) is 0.324. The number of non-ortho nitro benzene ring substituents is 2. The van der Waals surface area contributed by atoms with Gasteiger partial charge in [0.1, 0.15) is 11.5 Å². The van der Waals surface area contributed by atoms with E-state index >= 15 is 0 Å². The van der Waals surface area contributed by atoms with Crippen molar-refractivity contribution in [3.8, 4) is 11.5 Å². The van der Waals surface area contributed by atoms with Crippen molar-refractivity contribution < 1.29 is 38.4 Å². The molecule has 14 heteroatoms. The molecular weight excluding hydrogens is 1030 g/mol. The van der Waals surface area contributed by atoms with Gasteiger partial charge in [0.15, 0.2) is 0 Å². The fourth-order valence-corrected chi connectivity index (χ4v) is 12.1. The number of rotatable bonds is 15. The van der Waals surface area contributed by atoms with E-state index in [0.717, 1.165) is 53.7 Å². The van der Waals surface area contributed by atoms with Crippen molar-refractivity contribution in [3.05, 3.63) is 229 Å². The highest BCUT2D eigenvalue weighted by Gasteiger charge is 2.60. The van der Waals surface area contributed by atoms with Gasteiger partial charge in [-0.05, 0) is 149 Å². The van der Waals surface area contributed by atoms with Gasteiger partial charge in [-0.2, -0.15) is 0 Å². The van der Waals surface area contributed by atoms with Crippen molar-refractivity contribution in [2.45, 2.75) is 122 Å². The van der Waals surface area contributed by atoms with E-state index in [2.05, 4.69) is 166 Å². The van der Waals surface area contributed by atoms with Gasteiger partial charge in [0.25, 0.3) is 11.4 Å². The molecule has 4 unspecified atom stereocenters. The molecule has 0 fully saturated rings. The normalized spacial score (nSPS) is 19.0. The Morgan fingerprint density at radius 2 is 1.13 bits per heavy atom. The lowest BCUT2D eigenvalue weighted by molar-refractivity contribution is -0.385. The van der Waals surface area contributed by atoms with Gasteiger partial charge in [-0.3, -0.25) is 25.0 Å². The third kappa shape index (κ3) is 11.1. The summed E-state index contributed by atoms with van der Waals surface area (Å²) in [7, 11) is 2.81. The second-order valence-electron chi connectivity index (χ2n) is 22.7. The number of hydrogen-bond donors (Lipinski definition) is 0. The summed E-state index contributed by atoms with van der Waals surface area (Å²) in [6.07, 6.45) is 13.3. The second-order valence-corrected chi connectivity index (χ2v) is 22.7. The molecule has 426 valence electrons. The summed E-state index contributed by atoms with van der Waals surface area (Å²) >= 11 is 0. The van der Waals surface area contributed by atoms with E-state index in [1.54, 1.807) is 31.2 Å². The number of carbonyl (C=O) groups is 2. The summed E-state index contributed by atoms with van der Waals surface area (Å²) in [6.45, 7) is 25.1. The number of nitro benzene ring substituents is 2. The predicted molar refractivity (Wildman–Crippen MR) is 325 cm³/mol. The van der Waals surface area contributed by atoms with Gasteiger partial charge in [0.2, 0.25) is 11.4 Å². The van der Waals surface area contributed by atoms with Crippen molar-refractivity contribution in [2.75, 3.05) is 24.0 Å². The molecule has 4 heterocycles. The molecule has 14 nitrogen and oxygen atoms in total. The van der Waals surface area contributed by atoms with Crippen LogP contribution in [0.3, 0.4) is 0 Å². The zero-order chi connectivity index (χ0) is 59.4. The predicted octanol–water partition coefficient (Wildman–Crippen LogP) is 15.6. The first-order valence-electron chi connectivity index (χ1n) is 27.7. The molecule has 0 bridgehead atoms. The highest BCUT2D eigenvalue weighted by Crippen LogP contribution is 2.57. The number of anilines is 2. The molecule has 6 aromatic carbocycles. The maximum absolute atomic E-state index is 12.7. The molecule has 0 aromatic heterocycles. The molecule has 0 amide bonds. The van der Waals surface area contributed by atoms with Gasteiger partial charge in [-0.25, -0.2) is 4.79 Å². The van der Waals surface area contributed by atoms with Crippen LogP contribution in [0.1, 0.15) is 131 Å². The molecule has 82 heavy (non-hydrogen) atoms. The average molecular weight is 1110 g/mol. The summed E-state index contributed by atoms with van der Waals surface area (Å²) in [6, 6.07) is 43.4. The zero-order valence-electron chi connectivity index (χ0n) is 48.7. The van der Waals surface area contributed by atoms with E-state index in [1.807, 2.05) is 37.3 Å². The molecule has 0 saturated heterocycles. The highest BCUT2D eigenvalue weighted by molar-refractivity contribution is 5.86. The minimum absolute atomic E-state index is 0.0424. The molecule has 10 rings (SSSR count). The van der Waals surface area contributed by atoms with Crippen LogP contribution in [0.4, 0.5) is 22.7 Å². The summed E-state index contributed by atoms with van der Waals surface area (Å²) in [5, 5.41) is 22.6. The zero-order valence-corrected chi connectivity index (χ0v) is 48.7. The lowest BCUT2D eigenvalue weighted by Gasteiger charge is -2.47. The molecule has 6 aromatic rings. The lowest BCUT2D eigenvalue weighted by Crippen LogP contribution is -2.59. The second kappa shape index (κ2) is 23.7. The SMILES string of the molecule is C=C(C)C(=O)OC.C=Cc1ccc(CN2c3ccccc3C(C)(C)C23C=Cc2cc([N+](=O)[O-])ccc2O3)cc1.CCCC(C)(CC(CC)c1ccc(CN2c3ccccc3C(C)(C)C23C=Cc2cc([N+](=O)[O-])ccc2O3)cc1)C(=O)OC. The Balaban J connectivity index is 0.000000198. The maximum atomic E-state index is 12.7. The Labute approximate surface area is 481 Å². The van der Waals surface area contributed by atoms with Crippen LogP contribution >= 0.6 is 0 Å². The number of hydrogen-bond acceptors (Lipinski definition) is 12. The third-order valence-corrected chi connectivity index (χ3v) is 16.8. The molecular formula is C68H74N4O10. The van der Waals surface area contributed by atoms with Crippen LogP contribution in [0.5, 0.6) is 11.5 Å². The Morgan fingerprint density at radius 3 is 1.51 bits per heavy atom. The standard InChI is InChI=1S/C36H42N2O5.C27H24N2O3.C5H8O2/c1-7-20-35(5,33(39)42-6)23-26(8-2)27-15-13-25(14-16-27)24-37-31-12-10-9-11-30(31)34(3,4)36(37)21-19-28-22-29(38(40)41)17-18-32(28)43-36;1-4-19-9-11-20(12-10-19)18-28-24-8-6-5-7-23(24)26(2,3)27(28)16-15-21-17-22(29(30)31)13-14-25(21)32-27;1-4(2)5(6)7-3/h9-19,21-22,26H,7-8,20,23-24H2,1-6H3;4-17H,1,18H2,2-3H3;1H2,2-3H3. The van der Waals surface area contributed by atoms with Crippen LogP contribution in [0.25, 0.3) is 18.2 Å². The fourth-order valence-electron chi connectivity index (χ4n) is 12.1. The molecule has 0 radical (unpaired) electrons. The summed E-state index contributed by atoms with van der Waals surface area (Å²) in [5.74, 6) is 1.03. The van der Waals surface area contributed by atoms with Crippen LogP contribution in [0, 0.1) is 25.6 Å². The van der Waals surface area contributed by atoms with Crippen LogP contribution in [0.15, 0.2) is 164 Å². The number of para-hydroxylation sites is 2. The molecule has 4 atom stereocenters. The van der Waals surface area contributed by atoms with Crippen molar-refractivity contribution in [1.82, 2.24) is 0 Å². The Morgan fingerprint density at radius 1 is 0.683 bits per heavy atom. The number of carbonyl (C=O) groups excluding carboxylic acids is 2. The molecule has 0 N–H and O–H groups in total. The van der Waals surface area contributed by atoms with E-state index in [1.165, 1.54) is 43.0 Å². The number of esters is 2. The number of nitrogens with zero attached hydrogens (tertiary/aromatic N) is 4. The van der Waals surface area contributed by atoms with Gasteiger partial charge in [0.05, 0.1) is 40.3 Å². The Bertz CT molecular complexity index is 3470. The van der Waals surface area contributed by atoms with Crippen LogP contribution < -0.4 is 19.3 Å². The first-order chi connectivity index (χ1) is 39.0. The number of nitro groups is 2. The van der Waals surface area contributed by atoms with E-state index in [4.69, 9.17) is 14.2 Å². The van der Waals surface area contributed by atoms with Crippen molar-refractivity contribution in [3.63, 3.8) is 0 Å². The number of benzene rings is 6. The topological polar surface area (TPSA) is 164 Å². The quantitative estimate of drug-likeness (QED) is 0.0414. The molecule has 0 aliphatic carbocycles. The van der Waals surface area contributed by atoms with Crippen molar-refractivity contribution in [2.24, 2.45) is 5.41 Å². The smallest absolute Gasteiger partial charge is 0.332 e. The first kappa shape index (κ1) is 59.3. The molecule has 4 aliphatic heterocycles. The summed E-state index contributed by atoms with van der Waals surface area (Å²) in [5.41, 5.74) is 8.29. The highest BCUT2D eigenvalue weighted by atomic mass is 16.6. The van der Waals surface area contributed by atoms with Crippen LogP contribution in [0.2, 0.25) is 0 Å². The van der Waals surface area contributed by atoms with Crippen LogP contribution in [-0.4, -0.2) is 47.5 Å². The number of ether oxygens (including phenoxy) is 4. The monoisotopic (exact) mass is 1110 g/mol. The van der Waals surface area contributed by atoms with E-state index in [0.29, 0.717) is 41.3 Å². The van der Waals surface area contributed by atoms with Gasteiger partial charge in [-0.1, -0.05) is 124 Å². The summed E-state index contributed by atoms with van der Waals surface area (Å²) < 4.78 is 23.1. The average Bonchev–Trinajstić information content (AvgIpc) is 3.45. The van der Waals surface area contributed by atoms with Gasteiger partial charge in [0, 0.05) is 65.4 Å². The largest absolute Gasteiger partial charge is 0.469 e. The first-order valence-corrected chi connectivity index (χ1v) is 27.7. The van der Waals surface area contributed by atoms with Crippen LogP contribution in [-0.2, 0) is 43.0 Å². The Kier molecular flexibility index (Phi) is 17.2. The van der Waals surface area contributed by atoms with Crippen molar-refractivity contribution in [1.29, 1.82) is 0 Å². The van der Waals surface area contributed by atoms with E-state index in [-0.39, 0.29) is 44.5 Å². The minimum atomic E-state index is -0.826. The maximum Gasteiger partial charge on any atom is 0.332 e. The van der Waals surface area contributed by atoms with E-state index in [9.17, 15) is 29.8 Å². The van der Waals surface area contributed by atoms with Gasteiger partial charge >= 0.3 is 11.9 Å². The molecule has 0 saturated carbocycles. The third-order valence-electron chi connectivity index (χ3n) is 16.8. The number of methoxy groups -OCH3 is 2.